The molecule has 0 saturated carbocycles. The highest BCUT2D eigenvalue weighted by molar-refractivity contribution is 5.84. The lowest BCUT2D eigenvalue weighted by atomic mass is 10.1. The van der Waals surface area contributed by atoms with Crippen LogP contribution in [-0.4, -0.2) is 29.9 Å². The molecule has 0 aliphatic carbocycles. The van der Waals surface area contributed by atoms with E-state index in [1.807, 2.05) is 13.0 Å². The van der Waals surface area contributed by atoms with Gasteiger partial charge in [0, 0.05) is 12.1 Å². The number of halogens is 1. The molecule has 4 heteroatoms. The number of hydrogen-bond donors (Lipinski definition) is 1. The molecule has 1 heterocycles. The fourth-order valence-corrected chi connectivity index (χ4v) is 2.58. The van der Waals surface area contributed by atoms with Crippen LogP contribution in [0.3, 0.4) is 0 Å². The van der Waals surface area contributed by atoms with E-state index in [0.29, 0.717) is 12.1 Å². The molecule has 1 aliphatic heterocycles. The van der Waals surface area contributed by atoms with Gasteiger partial charge in [0.25, 0.3) is 0 Å². The van der Waals surface area contributed by atoms with Crippen molar-refractivity contribution in [3.05, 3.63) is 35.6 Å². The Balaban J connectivity index is 2.07. The molecule has 1 N–H and O–H groups in total. The van der Waals surface area contributed by atoms with Crippen LogP contribution in [-0.2, 0) is 4.79 Å². The number of nitrogens with zero attached hydrogens (tertiary/aromatic N) is 1. The fourth-order valence-electron chi connectivity index (χ4n) is 2.58. The lowest BCUT2D eigenvalue weighted by Gasteiger charge is -2.25. The Morgan fingerprint density at radius 2 is 2.21 bits per heavy atom. The Hall–Kier alpha value is -1.42. The standard InChI is InChI=1S/C15H21FN2O/c1-3-9-17-14-8-10-18(15(14)19)11(2)12-6-4-5-7-13(12)16/h4-7,11,14,17H,3,8-10H2,1-2H3. The van der Waals surface area contributed by atoms with Gasteiger partial charge in [-0.15, -0.1) is 0 Å². The molecular weight excluding hydrogens is 243 g/mol. The van der Waals surface area contributed by atoms with Crippen LogP contribution in [0, 0.1) is 5.82 Å². The maximum absolute atomic E-state index is 13.8. The van der Waals surface area contributed by atoms with Gasteiger partial charge in [0.2, 0.25) is 5.91 Å². The average Bonchev–Trinajstić information content (AvgIpc) is 2.77. The molecule has 1 fully saturated rings. The molecule has 1 aliphatic rings. The maximum atomic E-state index is 13.8. The van der Waals surface area contributed by atoms with Crippen molar-refractivity contribution in [3.8, 4) is 0 Å². The summed E-state index contributed by atoms with van der Waals surface area (Å²) in [6, 6.07) is 6.36. The Kier molecular flexibility index (Phi) is 4.53. The van der Waals surface area contributed by atoms with E-state index in [1.165, 1.54) is 6.07 Å². The average molecular weight is 264 g/mol. The second-order valence-electron chi connectivity index (χ2n) is 5.02. The van der Waals surface area contributed by atoms with Crippen LogP contribution < -0.4 is 5.32 Å². The van der Waals surface area contributed by atoms with Crippen molar-refractivity contribution in [1.82, 2.24) is 10.2 Å². The summed E-state index contributed by atoms with van der Waals surface area (Å²) in [4.78, 5) is 14.0. The van der Waals surface area contributed by atoms with Crippen LogP contribution in [0.5, 0.6) is 0 Å². The molecule has 104 valence electrons. The number of amides is 1. The highest BCUT2D eigenvalue weighted by atomic mass is 19.1. The van der Waals surface area contributed by atoms with E-state index in [4.69, 9.17) is 0 Å². The zero-order valence-corrected chi connectivity index (χ0v) is 11.5. The second-order valence-corrected chi connectivity index (χ2v) is 5.02. The van der Waals surface area contributed by atoms with Gasteiger partial charge in [0.1, 0.15) is 5.82 Å². The van der Waals surface area contributed by atoms with Crippen LogP contribution in [0.1, 0.15) is 38.3 Å². The Morgan fingerprint density at radius 3 is 2.89 bits per heavy atom. The fraction of sp³-hybridized carbons (Fsp3) is 0.533. The topological polar surface area (TPSA) is 32.3 Å². The summed E-state index contributed by atoms with van der Waals surface area (Å²) < 4.78 is 13.8. The molecular formula is C15H21FN2O. The van der Waals surface area contributed by atoms with E-state index in [-0.39, 0.29) is 23.8 Å². The first-order valence-corrected chi connectivity index (χ1v) is 6.93. The maximum Gasteiger partial charge on any atom is 0.240 e. The first-order valence-electron chi connectivity index (χ1n) is 6.93. The van der Waals surface area contributed by atoms with Crippen molar-refractivity contribution in [2.75, 3.05) is 13.1 Å². The molecule has 19 heavy (non-hydrogen) atoms. The highest BCUT2D eigenvalue weighted by Gasteiger charge is 2.34. The summed E-state index contributed by atoms with van der Waals surface area (Å²) in [5.74, 6) is -0.156. The third-order valence-electron chi connectivity index (χ3n) is 3.70. The predicted octanol–water partition coefficient (Wildman–Crippen LogP) is 2.49. The van der Waals surface area contributed by atoms with E-state index in [2.05, 4.69) is 12.2 Å². The number of benzene rings is 1. The number of nitrogens with one attached hydrogen (secondary N) is 1. The molecule has 1 amide bonds. The Morgan fingerprint density at radius 1 is 1.47 bits per heavy atom. The lowest BCUT2D eigenvalue weighted by molar-refractivity contribution is -0.131. The molecule has 0 radical (unpaired) electrons. The number of carbonyl (C=O) groups excluding carboxylic acids is 1. The van der Waals surface area contributed by atoms with Crippen LogP contribution in [0.15, 0.2) is 24.3 Å². The summed E-state index contributed by atoms with van der Waals surface area (Å²) in [5, 5.41) is 3.25. The molecule has 2 rings (SSSR count). The molecule has 2 unspecified atom stereocenters. The van der Waals surface area contributed by atoms with Crippen molar-refractivity contribution >= 4 is 5.91 Å². The predicted molar refractivity (Wildman–Crippen MR) is 73.2 cm³/mol. The molecule has 0 bridgehead atoms. The Labute approximate surface area is 113 Å². The van der Waals surface area contributed by atoms with Crippen LogP contribution >= 0.6 is 0 Å². The summed E-state index contributed by atoms with van der Waals surface area (Å²) in [5.41, 5.74) is 0.590. The van der Waals surface area contributed by atoms with Gasteiger partial charge in [-0.3, -0.25) is 4.79 Å². The normalized spacial score (nSPS) is 20.9. The molecule has 1 aromatic rings. The van der Waals surface area contributed by atoms with Crippen molar-refractivity contribution in [1.29, 1.82) is 0 Å². The quantitative estimate of drug-likeness (QED) is 0.886. The SMILES string of the molecule is CCCNC1CCN(C(C)c2ccccc2F)C1=O. The van der Waals surface area contributed by atoms with Gasteiger partial charge in [0.15, 0.2) is 0 Å². The van der Waals surface area contributed by atoms with Gasteiger partial charge >= 0.3 is 0 Å². The van der Waals surface area contributed by atoms with Crippen molar-refractivity contribution < 1.29 is 9.18 Å². The zero-order chi connectivity index (χ0) is 13.8. The third-order valence-corrected chi connectivity index (χ3v) is 3.70. The molecule has 1 aromatic carbocycles. The van der Waals surface area contributed by atoms with Gasteiger partial charge in [0.05, 0.1) is 12.1 Å². The molecule has 3 nitrogen and oxygen atoms in total. The van der Waals surface area contributed by atoms with Gasteiger partial charge in [-0.2, -0.15) is 0 Å². The Bertz CT molecular complexity index is 450. The van der Waals surface area contributed by atoms with Crippen LogP contribution in [0.2, 0.25) is 0 Å². The third kappa shape index (κ3) is 2.95. The van der Waals surface area contributed by atoms with E-state index in [9.17, 15) is 9.18 Å². The van der Waals surface area contributed by atoms with Crippen LogP contribution in [0.4, 0.5) is 4.39 Å². The zero-order valence-electron chi connectivity index (χ0n) is 11.5. The van der Waals surface area contributed by atoms with Crippen molar-refractivity contribution in [2.45, 2.75) is 38.8 Å². The number of carbonyl (C=O) groups is 1. The monoisotopic (exact) mass is 264 g/mol. The van der Waals surface area contributed by atoms with Crippen molar-refractivity contribution in [2.24, 2.45) is 0 Å². The van der Waals surface area contributed by atoms with Gasteiger partial charge in [-0.05, 0) is 32.4 Å². The van der Waals surface area contributed by atoms with Crippen LogP contribution in [0.25, 0.3) is 0 Å². The molecule has 1 saturated heterocycles. The molecule has 2 atom stereocenters. The molecule has 0 aromatic heterocycles. The van der Waals surface area contributed by atoms with Gasteiger partial charge in [-0.1, -0.05) is 25.1 Å². The van der Waals surface area contributed by atoms with Crippen molar-refractivity contribution in [3.63, 3.8) is 0 Å². The first kappa shape index (κ1) is 14.0. The first-order chi connectivity index (χ1) is 9.15. The van der Waals surface area contributed by atoms with E-state index in [1.54, 1.807) is 17.0 Å². The number of hydrogen-bond acceptors (Lipinski definition) is 2. The summed E-state index contributed by atoms with van der Waals surface area (Å²) >= 11 is 0. The second kappa shape index (κ2) is 6.15. The number of rotatable bonds is 5. The minimum atomic E-state index is -0.243. The summed E-state index contributed by atoms with van der Waals surface area (Å²) in [6.45, 7) is 5.50. The van der Waals surface area contributed by atoms with E-state index >= 15 is 0 Å². The van der Waals surface area contributed by atoms with E-state index in [0.717, 1.165) is 19.4 Å². The minimum absolute atomic E-state index is 0.0872. The highest BCUT2D eigenvalue weighted by Crippen LogP contribution is 2.27. The summed E-state index contributed by atoms with van der Waals surface area (Å²) in [6.07, 6.45) is 1.81. The van der Waals surface area contributed by atoms with E-state index < -0.39 is 0 Å². The van der Waals surface area contributed by atoms with Gasteiger partial charge < -0.3 is 10.2 Å². The minimum Gasteiger partial charge on any atom is -0.334 e. The lowest BCUT2D eigenvalue weighted by Crippen LogP contribution is -2.39. The number of likely N-dealkylation sites (tertiary alicyclic amines) is 1. The molecule has 0 spiro atoms. The summed E-state index contributed by atoms with van der Waals surface area (Å²) in [7, 11) is 0. The smallest absolute Gasteiger partial charge is 0.240 e. The largest absolute Gasteiger partial charge is 0.334 e. The van der Waals surface area contributed by atoms with Gasteiger partial charge in [-0.25, -0.2) is 4.39 Å².